The van der Waals surface area contributed by atoms with Gasteiger partial charge in [0, 0.05) is 12.0 Å². The van der Waals surface area contributed by atoms with Crippen molar-refractivity contribution in [3.05, 3.63) is 89.0 Å². The van der Waals surface area contributed by atoms with E-state index in [1.807, 2.05) is 60.7 Å². The fourth-order valence-electron chi connectivity index (χ4n) is 2.79. The maximum absolute atomic E-state index is 12.3. The maximum atomic E-state index is 12.3. The monoisotopic (exact) mass is 348 g/mol. The summed E-state index contributed by atoms with van der Waals surface area (Å²) in [5.74, 6) is -0.859. The lowest BCUT2D eigenvalue weighted by Gasteiger charge is -2.07. The molecule has 0 bridgehead atoms. The van der Waals surface area contributed by atoms with E-state index in [1.54, 1.807) is 19.1 Å². The number of rotatable bonds is 5. The van der Waals surface area contributed by atoms with Crippen LogP contribution in [0.2, 0.25) is 0 Å². The summed E-state index contributed by atoms with van der Waals surface area (Å²) in [6.07, 6.45) is 3.40. The molecule has 0 saturated carbocycles. The Labute approximate surface area is 152 Å². The van der Waals surface area contributed by atoms with Gasteiger partial charge in [-0.2, -0.15) is 0 Å². The number of hydrogen-bond donors (Lipinski definition) is 0. The van der Waals surface area contributed by atoms with Gasteiger partial charge in [-0.25, -0.2) is 9.59 Å². The zero-order chi connectivity index (χ0) is 18.4. The van der Waals surface area contributed by atoms with Crippen molar-refractivity contribution >= 4 is 18.0 Å². The lowest BCUT2D eigenvalue weighted by molar-refractivity contribution is -0.139. The first-order valence-electron chi connectivity index (χ1n) is 8.57. The minimum atomic E-state index is -0.459. The Kier molecular flexibility index (Phi) is 5.64. The molecule has 0 spiro atoms. The van der Waals surface area contributed by atoms with Gasteiger partial charge in [-0.15, -0.1) is 0 Å². The van der Waals surface area contributed by atoms with Crippen LogP contribution in [0.1, 0.15) is 30.6 Å². The van der Waals surface area contributed by atoms with Crippen molar-refractivity contribution in [2.45, 2.75) is 19.4 Å². The molecule has 0 amide bonds. The number of cyclic esters (lactones) is 1. The third kappa shape index (κ3) is 4.28. The van der Waals surface area contributed by atoms with Gasteiger partial charge in [0.1, 0.15) is 6.10 Å². The molecule has 1 atom stereocenters. The molecule has 26 heavy (non-hydrogen) atoms. The molecule has 1 heterocycles. The highest BCUT2D eigenvalue weighted by Gasteiger charge is 2.30. The van der Waals surface area contributed by atoms with Gasteiger partial charge in [0.25, 0.3) is 0 Å². The predicted octanol–water partition coefficient (Wildman–Crippen LogP) is 4.25. The number of carbonyl (C=O) groups is 2. The quantitative estimate of drug-likeness (QED) is 0.599. The summed E-state index contributed by atoms with van der Waals surface area (Å²) in [4.78, 5) is 24.6. The van der Waals surface area contributed by atoms with Gasteiger partial charge in [0.2, 0.25) is 0 Å². The van der Waals surface area contributed by atoms with E-state index in [1.165, 1.54) is 0 Å². The Hall–Kier alpha value is -3.14. The molecule has 1 saturated heterocycles. The van der Waals surface area contributed by atoms with Crippen LogP contribution in [-0.2, 0) is 19.1 Å². The van der Waals surface area contributed by atoms with Crippen LogP contribution in [0.3, 0.4) is 0 Å². The Morgan fingerprint density at radius 3 is 2.42 bits per heavy atom. The molecule has 2 aromatic carbocycles. The molecule has 1 aliphatic heterocycles. The van der Waals surface area contributed by atoms with Crippen molar-refractivity contribution in [3.8, 4) is 0 Å². The Bertz CT molecular complexity index is 835. The van der Waals surface area contributed by atoms with Crippen LogP contribution >= 0.6 is 0 Å². The Morgan fingerprint density at radius 1 is 1.12 bits per heavy atom. The normalized spacial score (nSPS) is 18.7. The van der Waals surface area contributed by atoms with Crippen molar-refractivity contribution in [1.29, 1.82) is 0 Å². The van der Waals surface area contributed by atoms with Crippen LogP contribution in [0.15, 0.2) is 77.9 Å². The fraction of sp³-hybridized carbons (Fsp3) is 0.182. The van der Waals surface area contributed by atoms with Crippen LogP contribution in [0, 0.1) is 0 Å². The zero-order valence-corrected chi connectivity index (χ0v) is 14.6. The van der Waals surface area contributed by atoms with E-state index in [0.717, 1.165) is 11.1 Å². The van der Waals surface area contributed by atoms with Gasteiger partial charge in [-0.05, 0) is 30.2 Å². The zero-order valence-electron chi connectivity index (χ0n) is 14.6. The average molecular weight is 348 g/mol. The van der Waals surface area contributed by atoms with Crippen LogP contribution in [0.5, 0.6) is 0 Å². The van der Waals surface area contributed by atoms with Crippen LogP contribution in [0.4, 0.5) is 0 Å². The first kappa shape index (κ1) is 17.7. The van der Waals surface area contributed by atoms with Crippen LogP contribution < -0.4 is 0 Å². The molecule has 0 radical (unpaired) electrons. The molecule has 0 aromatic heterocycles. The first-order chi connectivity index (χ1) is 12.7. The van der Waals surface area contributed by atoms with Gasteiger partial charge in [0.05, 0.1) is 12.2 Å². The van der Waals surface area contributed by atoms with Crippen molar-refractivity contribution in [2.24, 2.45) is 0 Å². The van der Waals surface area contributed by atoms with Gasteiger partial charge < -0.3 is 9.47 Å². The van der Waals surface area contributed by atoms with E-state index in [4.69, 9.17) is 9.47 Å². The molecule has 1 fully saturated rings. The summed E-state index contributed by atoms with van der Waals surface area (Å²) in [6.45, 7) is 2.02. The van der Waals surface area contributed by atoms with Crippen LogP contribution in [0.25, 0.3) is 6.08 Å². The molecule has 1 aliphatic rings. The molecule has 0 aliphatic carbocycles. The summed E-state index contributed by atoms with van der Waals surface area (Å²) in [5, 5.41) is 0. The van der Waals surface area contributed by atoms with Crippen molar-refractivity contribution in [3.63, 3.8) is 0 Å². The van der Waals surface area contributed by atoms with E-state index in [0.29, 0.717) is 17.6 Å². The molecule has 4 nitrogen and oxygen atoms in total. The van der Waals surface area contributed by atoms with Crippen molar-refractivity contribution < 1.29 is 19.1 Å². The molecule has 4 heteroatoms. The summed E-state index contributed by atoms with van der Waals surface area (Å²) in [5.41, 5.74) is 2.60. The number of ether oxygens (including phenoxy) is 2. The third-order valence-electron chi connectivity index (χ3n) is 4.05. The molecule has 2 aromatic rings. The van der Waals surface area contributed by atoms with Gasteiger partial charge in [-0.3, -0.25) is 0 Å². The second-order valence-electron chi connectivity index (χ2n) is 5.91. The molecule has 132 valence electrons. The molecule has 3 rings (SSSR count). The van der Waals surface area contributed by atoms with Crippen molar-refractivity contribution in [2.75, 3.05) is 6.61 Å². The standard InChI is InChI=1S/C22H20O4/c1-2-25-21(23)18(13-16-9-5-3-6-10-16)14-19-15-20(26-22(19)24)17-11-7-4-8-12-17/h3-14,20H,2,15H2,1H3/b18-13-,19-14+. The Balaban J connectivity index is 1.89. The second-order valence-corrected chi connectivity index (χ2v) is 5.91. The fourth-order valence-corrected chi connectivity index (χ4v) is 2.79. The minimum absolute atomic E-state index is 0.269. The van der Waals surface area contributed by atoms with E-state index in [2.05, 4.69) is 0 Å². The Morgan fingerprint density at radius 2 is 1.77 bits per heavy atom. The molecule has 1 unspecified atom stereocenters. The number of benzene rings is 2. The lowest BCUT2D eigenvalue weighted by Crippen LogP contribution is -2.07. The van der Waals surface area contributed by atoms with E-state index in [9.17, 15) is 9.59 Å². The third-order valence-corrected chi connectivity index (χ3v) is 4.05. The second kappa shape index (κ2) is 8.30. The van der Waals surface area contributed by atoms with Gasteiger partial charge in [-0.1, -0.05) is 60.7 Å². The summed E-state index contributed by atoms with van der Waals surface area (Å²) < 4.78 is 10.6. The first-order valence-corrected chi connectivity index (χ1v) is 8.57. The molecular weight excluding hydrogens is 328 g/mol. The SMILES string of the molecule is CCOC(=O)C(=C\c1ccccc1)/C=C1\CC(c2ccccc2)OC1=O. The summed E-state index contributed by atoms with van der Waals surface area (Å²) >= 11 is 0. The largest absolute Gasteiger partial charge is 0.462 e. The number of hydrogen-bond acceptors (Lipinski definition) is 4. The van der Waals surface area contributed by atoms with Crippen LogP contribution in [-0.4, -0.2) is 18.5 Å². The topological polar surface area (TPSA) is 52.6 Å². The smallest absolute Gasteiger partial charge is 0.338 e. The number of esters is 2. The van der Waals surface area contributed by atoms with Gasteiger partial charge in [0.15, 0.2) is 0 Å². The maximum Gasteiger partial charge on any atom is 0.338 e. The van der Waals surface area contributed by atoms with E-state index >= 15 is 0 Å². The lowest BCUT2D eigenvalue weighted by atomic mass is 10.0. The number of carbonyl (C=O) groups excluding carboxylic acids is 2. The molecular formula is C22H20O4. The van der Waals surface area contributed by atoms with E-state index < -0.39 is 11.9 Å². The minimum Gasteiger partial charge on any atom is -0.462 e. The van der Waals surface area contributed by atoms with Crippen molar-refractivity contribution in [1.82, 2.24) is 0 Å². The highest BCUT2D eigenvalue weighted by atomic mass is 16.6. The molecule has 0 N–H and O–H groups in total. The summed E-state index contributed by atoms with van der Waals surface area (Å²) in [7, 11) is 0. The van der Waals surface area contributed by atoms with Gasteiger partial charge >= 0.3 is 11.9 Å². The van der Waals surface area contributed by atoms with E-state index in [-0.39, 0.29) is 12.7 Å². The highest BCUT2D eigenvalue weighted by molar-refractivity contribution is 6.00. The highest BCUT2D eigenvalue weighted by Crippen LogP contribution is 2.33. The predicted molar refractivity (Wildman–Crippen MR) is 99.0 cm³/mol. The summed E-state index contributed by atoms with van der Waals surface area (Å²) in [6, 6.07) is 19.0. The average Bonchev–Trinajstić information content (AvgIpc) is 3.03.